The maximum Gasteiger partial charge on any atom is 0.573 e. The number of ether oxygens (including phenoxy) is 2. The number of hydrogen-bond donors (Lipinski definition) is 0. The zero-order valence-electron chi connectivity index (χ0n) is 10.9. The fourth-order valence-corrected chi connectivity index (χ4v) is 1.68. The van der Waals surface area contributed by atoms with Crippen LogP contribution in [0.5, 0.6) is 5.75 Å². The molecule has 112 valence electrons. The Labute approximate surface area is 118 Å². The Morgan fingerprint density at radius 2 is 1.90 bits per heavy atom. The van der Waals surface area contributed by atoms with Gasteiger partial charge in [0.05, 0.1) is 12.2 Å². The molecule has 0 saturated carbocycles. The first-order valence-corrected chi connectivity index (χ1v) is 6.03. The molecule has 0 aliphatic rings. The summed E-state index contributed by atoms with van der Waals surface area (Å²) in [6.07, 6.45) is -4.81. The van der Waals surface area contributed by atoms with Gasteiger partial charge in [0.2, 0.25) is 5.76 Å². The molecule has 4 nitrogen and oxygen atoms in total. The van der Waals surface area contributed by atoms with Crippen molar-refractivity contribution in [1.82, 2.24) is 0 Å². The molecule has 2 aromatic rings. The molecular formula is C14H11F3O4. The average Bonchev–Trinajstić information content (AvgIpc) is 2.87. The van der Waals surface area contributed by atoms with Crippen molar-refractivity contribution in [3.63, 3.8) is 0 Å². The molecule has 2 rings (SSSR count). The van der Waals surface area contributed by atoms with Crippen molar-refractivity contribution in [2.45, 2.75) is 13.3 Å². The molecule has 0 aliphatic carbocycles. The number of benzene rings is 1. The van der Waals surface area contributed by atoms with E-state index in [4.69, 9.17) is 9.15 Å². The third kappa shape index (κ3) is 3.77. The van der Waals surface area contributed by atoms with Crippen LogP contribution in [0.2, 0.25) is 0 Å². The van der Waals surface area contributed by atoms with Crippen LogP contribution >= 0.6 is 0 Å². The molecule has 0 radical (unpaired) electrons. The van der Waals surface area contributed by atoms with Crippen LogP contribution in [0.3, 0.4) is 0 Å². The van der Waals surface area contributed by atoms with Crippen LogP contribution in [0.4, 0.5) is 13.2 Å². The molecule has 1 heterocycles. The monoisotopic (exact) mass is 300 g/mol. The summed E-state index contributed by atoms with van der Waals surface area (Å²) in [5, 5.41) is 0. The van der Waals surface area contributed by atoms with Gasteiger partial charge >= 0.3 is 12.3 Å². The average molecular weight is 300 g/mol. The van der Waals surface area contributed by atoms with Gasteiger partial charge in [-0.2, -0.15) is 0 Å². The largest absolute Gasteiger partial charge is 0.573 e. The maximum atomic E-state index is 12.3. The number of halogens is 3. The number of esters is 1. The summed E-state index contributed by atoms with van der Waals surface area (Å²) in [4.78, 5) is 11.5. The van der Waals surface area contributed by atoms with E-state index in [9.17, 15) is 18.0 Å². The smallest absolute Gasteiger partial charge is 0.460 e. The van der Waals surface area contributed by atoms with E-state index < -0.39 is 18.1 Å². The van der Waals surface area contributed by atoms with Crippen LogP contribution in [-0.4, -0.2) is 18.9 Å². The molecule has 0 atom stereocenters. The molecule has 0 bridgehead atoms. The first-order valence-electron chi connectivity index (χ1n) is 6.03. The van der Waals surface area contributed by atoms with Crippen LogP contribution in [0.25, 0.3) is 11.3 Å². The second-order valence-corrected chi connectivity index (χ2v) is 3.93. The molecule has 1 aromatic carbocycles. The van der Waals surface area contributed by atoms with E-state index in [2.05, 4.69) is 4.74 Å². The van der Waals surface area contributed by atoms with Gasteiger partial charge < -0.3 is 13.9 Å². The number of furan rings is 1. The highest BCUT2D eigenvalue weighted by atomic mass is 19.4. The molecule has 21 heavy (non-hydrogen) atoms. The number of alkyl halides is 3. The first kappa shape index (κ1) is 15.0. The van der Waals surface area contributed by atoms with E-state index in [0.29, 0.717) is 0 Å². The Morgan fingerprint density at radius 1 is 1.19 bits per heavy atom. The van der Waals surface area contributed by atoms with Crippen molar-refractivity contribution in [3.05, 3.63) is 42.2 Å². The standard InChI is InChI=1S/C14H11F3O4/c1-2-19-13(18)12-8-7-10(20-12)9-5-3-4-6-11(9)21-14(15,16)17/h3-8H,2H2,1H3. The SMILES string of the molecule is CCOC(=O)c1ccc(-c2ccccc2OC(F)(F)F)o1. The highest BCUT2D eigenvalue weighted by molar-refractivity contribution is 5.87. The molecule has 0 spiro atoms. The maximum absolute atomic E-state index is 12.3. The van der Waals surface area contributed by atoms with Gasteiger partial charge in [-0.15, -0.1) is 13.2 Å². The van der Waals surface area contributed by atoms with E-state index in [0.717, 1.165) is 6.07 Å². The van der Waals surface area contributed by atoms with Crippen LogP contribution in [0.1, 0.15) is 17.5 Å². The predicted molar refractivity (Wildman–Crippen MR) is 66.8 cm³/mol. The predicted octanol–water partition coefficient (Wildman–Crippen LogP) is 4.02. The fourth-order valence-electron chi connectivity index (χ4n) is 1.68. The summed E-state index contributed by atoms with van der Waals surface area (Å²) in [5.74, 6) is -1.10. The van der Waals surface area contributed by atoms with Crippen molar-refractivity contribution >= 4 is 5.97 Å². The van der Waals surface area contributed by atoms with Crippen molar-refractivity contribution in [2.75, 3.05) is 6.61 Å². The van der Waals surface area contributed by atoms with E-state index in [1.54, 1.807) is 6.92 Å². The molecule has 0 N–H and O–H groups in total. The lowest BCUT2D eigenvalue weighted by atomic mass is 10.1. The number of rotatable bonds is 4. The first-order chi connectivity index (χ1) is 9.90. The van der Waals surface area contributed by atoms with Crippen molar-refractivity contribution in [1.29, 1.82) is 0 Å². The van der Waals surface area contributed by atoms with Gasteiger partial charge in [-0.25, -0.2) is 4.79 Å². The molecule has 0 aliphatic heterocycles. The van der Waals surface area contributed by atoms with Crippen LogP contribution in [0.15, 0.2) is 40.8 Å². The lowest BCUT2D eigenvalue weighted by molar-refractivity contribution is -0.274. The molecular weight excluding hydrogens is 289 g/mol. The fraction of sp³-hybridized carbons (Fsp3) is 0.214. The van der Waals surface area contributed by atoms with Gasteiger partial charge in [0, 0.05) is 0 Å². The van der Waals surface area contributed by atoms with Crippen molar-refractivity contribution in [2.24, 2.45) is 0 Å². The third-order valence-corrected chi connectivity index (χ3v) is 2.46. The van der Waals surface area contributed by atoms with Gasteiger partial charge in [-0.1, -0.05) is 12.1 Å². The summed E-state index contributed by atoms with van der Waals surface area (Å²) in [6.45, 7) is 1.80. The number of hydrogen-bond acceptors (Lipinski definition) is 4. The minimum Gasteiger partial charge on any atom is -0.460 e. The zero-order valence-corrected chi connectivity index (χ0v) is 10.9. The minimum atomic E-state index is -4.81. The van der Waals surface area contributed by atoms with Crippen LogP contribution < -0.4 is 4.74 Å². The van der Waals surface area contributed by atoms with Gasteiger partial charge in [-0.05, 0) is 31.2 Å². The molecule has 0 saturated heterocycles. The lowest BCUT2D eigenvalue weighted by Crippen LogP contribution is -2.17. The van der Waals surface area contributed by atoms with Gasteiger partial charge in [0.25, 0.3) is 0 Å². The topological polar surface area (TPSA) is 48.7 Å². The van der Waals surface area contributed by atoms with E-state index >= 15 is 0 Å². The van der Waals surface area contributed by atoms with Crippen LogP contribution in [0, 0.1) is 0 Å². The molecule has 0 unspecified atom stereocenters. The molecule has 0 amide bonds. The van der Waals surface area contributed by atoms with Crippen LogP contribution in [-0.2, 0) is 4.74 Å². The normalized spacial score (nSPS) is 11.2. The number of para-hydroxylation sites is 1. The second kappa shape index (κ2) is 5.90. The van der Waals surface area contributed by atoms with E-state index in [-0.39, 0.29) is 23.7 Å². The van der Waals surface area contributed by atoms with E-state index in [1.807, 2.05) is 0 Å². The Hall–Kier alpha value is -2.44. The van der Waals surface area contributed by atoms with Gasteiger partial charge in [0.1, 0.15) is 11.5 Å². The Balaban J connectivity index is 2.32. The number of carbonyl (C=O) groups is 1. The molecule has 0 fully saturated rings. The van der Waals surface area contributed by atoms with Gasteiger partial charge in [-0.3, -0.25) is 0 Å². The summed E-state index contributed by atoms with van der Waals surface area (Å²) in [7, 11) is 0. The summed E-state index contributed by atoms with van der Waals surface area (Å²) < 4.78 is 50.9. The highest BCUT2D eigenvalue weighted by Gasteiger charge is 2.32. The Morgan fingerprint density at radius 3 is 2.57 bits per heavy atom. The Kier molecular flexibility index (Phi) is 4.21. The Bertz CT molecular complexity index is 631. The minimum absolute atomic E-state index is 0.0814. The van der Waals surface area contributed by atoms with Gasteiger partial charge in [0.15, 0.2) is 0 Å². The zero-order chi connectivity index (χ0) is 15.5. The summed E-state index contributed by atoms with van der Waals surface area (Å²) in [5.41, 5.74) is 0.0883. The molecule has 1 aromatic heterocycles. The van der Waals surface area contributed by atoms with E-state index in [1.165, 1.54) is 30.3 Å². The van der Waals surface area contributed by atoms with Crippen molar-refractivity contribution < 1.29 is 31.9 Å². The molecule has 7 heteroatoms. The quantitative estimate of drug-likeness (QED) is 0.800. The number of carbonyl (C=O) groups excluding carboxylic acids is 1. The van der Waals surface area contributed by atoms with Crippen molar-refractivity contribution in [3.8, 4) is 17.1 Å². The highest BCUT2D eigenvalue weighted by Crippen LogP contribution is 2.34. The summed E-state index contributed by atoms with van der Waals surface area (Å²) in [6, 6.07) is 8.21. The lowest BCUT2D eigenvalue weighted by Gasteiger charge is -2.11. The summed E-state index contributed by atoms with van der Waals surface area (Å²) >= 11 is 0. The third-order valence-electron chi connectivity index (χ3n) is 2.46. The second-order valence-electron chi connectivity index (χ2n) is 3.93.